The van der Waals surface area contributed by atoms with Gasteiger partial charge in [0.05, 0.1) is 22.0 Å². The molecule has 11 heteroatoms. The van der Waals surface area contributed by atoms with Crippen LogP contribution in [0.3, 0.4) is 0 Å². The number of nitrogens with zero attached hydrogens (tertiary/aromatic N) is 2. The third-order valence-corrected chi connectivity index (χ3v) is 5.37. The number of azo groups is 1. The van der Waals surface area contributed by atoms with Gasteiger partial charge in [0.1, 0.15) is 10.6 Å². The van der Waals surface area contributed by atoms with Gasteiger partial charge in [-0.3, -0.25) is 4.55 Å². The van der Waals surface area contributed by atoms with Gasteiger partial charge in [0.25, 0.3) is 10.1 Å². The van der Waals surface area contributed by atoms with Crippen LogP contribution in [-0.2, 0) is 20.0 Å². The number of nitrogen functional groups attached to an aromatic ring is 2. The maximum absolute atomic E-state index is 11.6. The summed E-state index contributed by atoms with van der Waals surface area (Å²) in [5.74, 6) is 0. The molecule has 132 valence electrons. The molecule has 0 aliphatic carbocycles. The Morgan fingerprint density at radius 1 is 0.960 bits per heavy atom. The monoisotopic (exact) mass is 382 g/mol. The minimum atomic E-state index is -4.54. The van der Waals surface area contributed by atoms with E-state index in [-0.39, 0.29) is 22.0 Å². The van der Waals surface area contributed by atoms with Crippen LogP contribution >= 0.6 is 0 Å². The fourth-order valence-electron chi connectivity index (χ4n) is 1.82. The second-order valence-corrected chi connectivity index (χ2v) is 8.11. The van der Waals surface area contributed by atoms with Gasteiger partial charge < -0.3 is 11.5 Å². The highest BCUT2D eigenvalue weighted by atomic mass is 32.2. The molecule has 0 atom stereocenters. The maximum Gasteiger partial charge on any atom is 0.296 e. The summed E-state index contributed by atoms with van der Waals surface area (Å²) in [5, 5.41) is 8.48. The van der Waals surface area contributed by atoms with Crippen LogP contribution in [0.15, 0.2) is 68.4 Å². The van der Waals surface area contributed by atoms with Crippen LogP contribution in [-0.4, -0.2) is 21.4 Å². The predicted molar refractivity (Wildman–Crippen MR) is 93.1 cm³/mol. The Balaban J connectivity index is 2.38. The van der Waals surface area contributed by atoms with Gasteiger partial charge in [-0.25, -0.2) is 8.42 Å². The Hall–Kier alpha value is -2.76. The van der Waals surface area contributed by atoms with Crippen molar-refractivity contribution in [2.24, 2.45) is 10.2 Å². The van der Waals surface area contributed by atoms with Crippen LogP contribution in [0.1, 0.15) is 0 Å². The summed E-state index contributed by atoms with van der Waals surface area (Å²) in [6, 6.07) is 7.56. The molecule has 0 fully saturated rings. The first-order valence-corrected chi connectivity index (χ1v) is 9.59. The van der Waals surface area contributed by atoms with Crippen molar-refractivity contribution < 1.29 is 21.4 Å². The summed E-state index contributed by atoms with van der Waals surface area (Å²) in [6.45, 7) is 3.23. The number of sulfone groups is 1. The Bertz CT molecular complexity index is 1060. The highest BCUT2D eigenvalue weighted by Crippen LogP contribution is 2.32. The molecule has 2 aromatic carbocycles. The van der Waals surface area contributed by atoms with Crippen LogP contribution in [0.4, 0.5) is 22.7 Å². The van der Waals surface area contributed by atoms with Crippen LogP contribution in [0.25, 0.3) is 0 Å². The summed E-state index contributed by atoms with van der Waals surface area (Å²) in [7, 11) is -8.09. The van der Waals surface area contributed by atoms with Crippen LogP contribution < -0.4 is 11.5 Å². The van der Waals surface area contributed by atoms with Crippen molar-refractivity contribution in [2.45, 2.75) is 9.79 Å². The number of rotatable bonds is 5. The smallest absolute Gasteiger partial charge is 0.296 e. The van der Waals surface area contributed by atoms with Crippen molar-refractivity contribution in [3.8, 4) is 0 Å². The van der Waals surface area contributed by atoms with Gasteiger partial charge in [-0.15, -0.1) is 5.11 Å². The van der Waals surface area contributed by atoms with E-state index in [0.717, 1.165) is 17.5 Å². The molecule has 0 unspecified atom stereocenters. The van der Waals surface area contributed by atoms with Gasteiger partial charge in [-0.05, 0) is 36.4 Å². The van der Waals surface area contributed by atoms with E-state index in [4.69, 9.17) is 16.0 Å². The average Bonchev–Trinajstić information content (AvgIpc) is 2.53. The van der Waals surface area contributed by atoms with Gasteiger partial charge in [0.15, 0.2) is 9.84 Å². The molecule has 0 radical (unpaired) electrons. The molecule has 0 heterocycles. The quantitative estimate of drug-likeness (QED) is 0.405. The summed E-state index contributed by atoms with van der Waals surface area (Å²) in [5.41, 5.74) is 11.3. The van der Waals surface area contributed by atoms with Crippen molar-refractivity contribution >= 4 is 42.7 Å². The first-order valence-electron chi connectivity index (χ1n) is 6.60. The lowest BCUT2D eigenvalue weighted by atomic mass is 10.2. The van der Waals surface area contributed by atoms with Crippen molar-refractivity contribution in [1.82, 2.24) is 0 Å². The van der Waals surface area contributed by atoms with Crippen molar-refractivity contribution in [3.63, 3.8) is 0 Å². The van der Waals surface area contributed by atoms with E-state index >= 15 is 0 Å². The van der Waals surface area contributed by atoms with Crippen molar-refractivity contribution in [1.29, 1.82) is 0 Å². The number of hydrogen-bond donors (Lipinski definition) is 3. The van der Waals surface area contributed by atoms with Crippen LogP contribution in [0.5, 0.6) is 0 Å². The van der Waals surface area contributed by atoms with E-state index in [1.54, 1.807) is 0 Å². The molecule has 2 rings (SSSR count). The lowest BCUT2D eigenvalue weighted by Crippen LogP contribution is -2.04. The van der Waals surface area contributed by atoms with E-state index in [1.165, 1.54) is 24.3 Å². The second kappa shape index (κ2) is 6.63. The molecule has 0 aliphatic heterocycles. The first kappa shape index (κ1) is 18.6. The van der Waals surface area contributed by atoms with Gasteiger partial charge >= 0.3 is 0 Å². The fourth-order valence-corrected chi connectivity index (χ4v) is 3.15. The largest absolute Gasteiger partial charge is 0.398 e. The average molecular weight is 382 g/mol. The molecule has 0 spiro atoms. The molecular weight excluding hydrogens is 368 g/mol. The fraction of sp³-hybridized carbons (Fsp3) is 0. The highest BCUT2D eigenvalue weighted by molar-refractivity contribution is 7.94. The van der Waals surface area contributed by atoms with Gasteiger partial charge in [0.2, 0.25) is 0 Å². The molecule has 2 aromatic rings. The number of benzene rings is 2. The van der Waals surface area contributed by atoms with Gasteiger partial charge in [-0.2, -0.15) is 13.5 Å². The van der Waals surface area contributed by atoms with Crippen LogP contribution in [0.2, 0.25) is 0 Å². The molecule has 0 amide bonds. The molecule has 25 heavy (non-hydrogen) atoms. The molecule has 0 saturated carbocycles. The molecular formula is C14H14N4O5S2. The van der Waals surface area contributed by atoms with Crippen molar-refractivity contribution in [3.05, 3.63) is 48.4 Å². The standard InChI is InChI=1S/C14H14N4O5S2/c1-2-24(19,20)10-5-3-9(4-6-10)17-18-13-8-14(25(21,22)23)12(16)7-11(13)15/h2-8H,1,15-16H2,(H,21,22,23). The van der Waals surface area contributed by atoms with E-state index in [2.05, 4.69) is 16.8 Å². The third-order valence-electron chi connectivity index (χ3n) is 3.09. The Morgan fingerprint density at radius 2 is 1.56 bits per heavy atom. The summed E-state index contributed by atoms with van der Waals surface area (Å²) in [6.07, 6.45) is 0. The van der Waals surface area contributed by atoms with E-state index in [9.17, 15) is 16.8 Å². The molecule has 0 aliphatic rings. The number of hydrogen-bond acceptors (Lipinski definition) is 8. The lowest BCUT2D eigenvalue weighted by molar-refractivity contribution is 0.483. The summed E-state index contributed by atoms with van der Waals surface area (Å²) >= 11 is 0. The lowest BCUT2D eigenvalue weighted by Gasteiger charge is -2.06. The topological polar surface area (TPSA) is 165 Å². The SMILES string of the molecule is C=CS(=O)(=O)c1ccc(N=Nc2cc(S(=O)(=O)O)c(N)cc2N)cc1. The zero-order chi connectivity index (χ0) is 18.8. The zero-order valence-electron chi connectivity index (χ0n) is 12.7. The highest BCUT2D eigenvalue weighted by Gasteiger charge is 2.16. The van der Waals surface area contributed by atoms with E-state index in [1.807, 2.05) is 0 Å². The molecule has 0 bridgehead atoms. The van der Waals surface area contributed by atoms with Gasteiger partial charge in [0, 0.05) is 5.41 Å². The Labute approximate surface area is 144 Å². The van der Waals surface area contributed by atoms with Crippen molar-refractivity contribution in [2.75, 3.05) is 11.5 Å². The van der Waals surface area contributed by atoms with E-state index in [0.29, 0.717) is 5.69 Å². The van der Waals surface area contributed by atoms with Crippen LogP contribution in [0, 0.1) is 0 Å². The normalized spacial score (nSPS) is 12.4. The maximum atomic E-state index is 11.6. The molecule has 0 saturated heterocycles. The number of anilines is 2. The Morgan fingerprint density at radius 3 is 2.08 bits per heavy atom. The first-order chi connectivity index (χ1) is 11.5. The number of nitrogens with two attached hydrogens (primary N) is 2. The molecule has 0 aromatic heterocycles. The minimum Gasteiger partial charge on any atom is -0.398 e. The third kappa shape index (κ3) is 4.21. The second-order valence-electron chi connectivity index (χ2n) is 4.83. The zero-order valence-corrected chi connectivity index (χ0v) is 14.3. The summed E-state index contributed by atoms with van der Waals surface area (Å²) in [4.78, 5) is -0.495. The summed E-state index contributed by atoms with van der Waals surface area (Å²) < 4.78 is 54.8. The molecule has 5 N–H and O–H groups in total. The van der Waals surface area contributed by atoms with Gasteiger partial charge in [-0.1, -0.05) is 6.58 Å². The molecule has 9 nitrogen and oxygen atoms in total. The Kier molecular flexibility index (Phi) is 4.92. The minimum absolute atomic E-state index is 0.0235. The predicted octanol–water partition coefficient (Wildman–Crippen LogP) is 2.43. The van der Waals surface area contributed by atoms with E-state index < -0.39 is 24.9 Å².